The topological polar surface area (TPSA) is 143 Å². The third kappa shape index (κ3) is 1.77. The van der Waals surface area contributed by atoms with Crippen molar-refractivity contribution in [3.8, 4) is 29.8 Å². The zero-order valence-corrected chi connectivity index (χ0v) is 14.5. The molecule has 0 aromatic heterocycles. The zero-order chi connectivity index (χ0) is 10.7. The number of rotatable bonds is 0. The number of nitriles is 6. The average molecular weight is 343 g/mol. The van der Waals surface area contributed by atoms with Crippen LogP contribution in [0, 0.1) is 61.4 Å². The van der Waals surface area contributed by atoms with Gasteiger partial charge in [-0.25, -0.2) is 0 Å². The van der Waals surface area contributed by atoms with Crippen LogP contribution >= 0.6 is 0 Å². The Hall–Kier alpha value is -1.29. The molecule has 0 heterocycles. The van der Waals surface area contributed by atoms with E-state index in [2.05, 4.69) is 0 Å². The molecule has 0 atom stereocenters. The van der Waals surface area contributed by atoms with Crippen molar-refractivity contribution in [3.05, 3.63) is 0 Å². The molecule has 0 radical (unpaired) electrons. The number of nitrogens with zero attached hydrogens (tertiary/aromatic N) is 6. The van der Waals surface area contributed by atoms with Gasteiger partial charge in [0.25, 0.3) is 0 Å². The normalized spacial score (nSPS) is 11.6. The Morgan fingerprint density at radius 1 is 0.467 bits per heavy atom. The van der Waals surface area contributed by atoms with Crippen molar-refractivity contribution in [1.82, 2.24) is 0 Å². The molecule has 0 rings (SSSR count). The summed E-state index contributed by atoms with van der Waals surface area (Å²) in [5, 5.41) is 51.5. The molecule has 66 valence electrons. The van der Waals surface area contributed by atoms with Crippen LogP contribution in [-0.2, 0) is 49.7 Å². The van der Waals surface area contributed by atoms with Gasteiger partial charge in [-0.05, 0) is 0 Å². The Balaban J connectivity index is -0.000000720. The Bertz CT molecular complexity index is 395. The molecule has 6 nitrogen and oxygen atoms in total. The zero-order valence-electron chi connectivity index (χ0n) is 7.45. The molecule has 0 spiro atoms. The number of hydrogen-bond acceptors (Lipinski definition) is 6. The summed E-state index contributed by atoms with van der Waals surface area (Å²) in [6, 6.07) is 0. The van der Waals surface area contributed by atoms with Crippen molar-refractivity contribution in [3.63, 3.8) is 0 Å². The van der Waals surface area contributed by atoms with Gasteiger partial charge >= 0.3 is 111 Å². The van der Waals surface area contributed by atoms with Gasteiger partial charge in [0.05, 0.1) is 0 Å². The first-order valence-corrected chi connectivity index (χ1v) is 5.71. The van der Waals surface area contributed by atoms with Crippen molar-refractivity contribution < 1.29 is 49.7 Å². The van der Waals surface area contributed by atoms with Crippen LogP contribution in [0.4, 0.5) is 0 Å². The van der Waals surface area contributed by atoms with Gasteiger partial charge in [0.1, 0.15) is 0 Å². The van der Waals surface area contributed by atoms with Gasteiger partial charge in [-0.2, -0.15) is 0 Å². The molecule has 0 aliphatic carbocycles. The molecule has 0 aromatic rings. The fourth-order valence-corrected chi connectivity index (χ4v) is 1.09. The summed E-state index contributed by atoms with van der Waals surface area (Å²) >= 11 is 0. The molecule has 0 saturated heterocycles. The predicted molar refractivity (Wildman–Crippen MR) is 33.7 cm³/mol. The van der Waals surface area contributed by atoms with Crippen LogP contribution < -0.4 is 0 Å². The average Bonchev–Trinajstić information content (AvgIpc) is 2.26. The summed E-state index contributed by atoms with van der Waals surface area (Å²) in [6.07, 6.45) is 0. The Morgan fingerprint density at radius 2 is 0.600 bits per heavy atom. The van der Waals surface area contributed by atoms with E-state index in [9.17, 15) is 0 Å². The van der Waals surface area contributed by atoms with E-state index >= 15 is 0 Å². The summed E-state index contributed by atoms with van der Waals surface area (Å²) in [5.74, 6) is 0. The quantitative estimate of drug-likeness (QED) is 0.571. The molecule has 0 aromatic carbocycles. The molecule has 0 aliphatic rings. The van der Waals surface area contributed by atoms with Gasteiger partial charge in [0.2, 0.25) is 0 Å². The SMILES string of the molecule is N#[C][Fe-4]([C]#N)([C]#N)([C]#N)([C]#N)[C]#N.[Zn+2].[Zn+2]. The molecule has 0 saturated carbocycles. The monoisotopic (exact) mass is 340 g/mol. The third-order valence-electron chi connectivity index (χ3n) is 1.19. The molecule has 0 unspecified atom stereocenters. The Labute approximate surface area is 110 Å². The first kappa shape index (κ1) is 19.3. The van der Waals surface area contributed by atoms with Gasteiger partial charge < -0.3 is 0 Å². The van der Waals surface area contributed by atoms with Crippen LogP contribution in [0.5, 0.6) is 0 Å². The second-order valence-corrected chi connectivity index (χ2v) is 7.42. The van der Waals surface area contributed by atoms with Crippen LogP contribution in [0.3, 0.4) is 0 Å². The van der Waals surface area contributed by atoms with Crippen LogP contribution in [0.1, 0.15) is 0 Å². The molecule has 0 amide bonds. The fraction of sp³-hybridized carbons (Fsp3) is 0. The molecular weight excluding hydrogens is 343 g/mol. The largest absolute Gasteiger partial charge is 2.00 e. The number of hydrogen-bond donors (Lipinski definition) is 0. The molecule has 0 bridgehead atoms. The van der Waals surface area contributed by atoms with Gasteiger partial charge in [0.15, 0.2) is 0 Å². The van der Waals surface area contributed by atoms with E-state index in [0.29, 0.717) is 0 Å². The molecule has 15 heavy (non-hydrogen) atoms. The van der Waals surface area contributed by atoms with Crippen molar-refractivity contribution >= 4 is 0 Å². The standard InChI is InChI=1S/6CN.Fe.2Zn/c6*1-2;;;/q;;;;;;-4;2*+2. The summed E-state index contributed by atoms with van der Waals surface area (Å²) in [7, 11) is -6.17. The van der Waals surface area contributed by atoms with Gasteiger partial charge in [-0.3, -0.25) is 0 Å². The van der Waals surface area contributed by atoms with Crippen LogP contribution in [-0.4, -0.2) is 0 Å². The summed E-state index contributed by atoms with van der Waals surface area (Å²) < 4.78 is 0. The van der Waals surface area contributed by atoms with Gasteiger partial charge in [-0.1, -0.05) is 0 Å². The van der Waals surface area contributed by atoms with Crippen LogP contribution in [0.15, 0.2) is 0 Å². The maximum atomic E-state index is 8.58. The minimum absolute atomic E-state index is 0. The van der Waals surface area contributed by atoms with Crippen molar-refractivity contribution in [2.24, 2.45) is 0 Å². The molecule has 0 fully saturated rings. The maximum Gasteiger partial charge on any atom is 2.00 e. The predicted octanol–water partition coefficient (Wildman–Crippen LogP) is 0.0932. The van der Waals surface area contributed by atoms with Crippen LogP contribution in [0.2, 0.25) is 0 Å². The van der Waals surface area contributed by atoms with E-state index in [0.717, 1.165) is 29.8 Å². The minimum Gasteiger partial charge on any atom is 2.00 e. The first-order valence-electron chi connectivity index (χ1n) is 2.40. The van der Waals surface area contributed by atoms with Crippen LogP contribution in [0.25, 0.3) is 0 Å². The molecule has 9 heteroatoms. The first-order chi connectivity index (χ1) is 5.97. The second-order valence-electron chi connectivity index (χ2n) is 1.80. The van der Waals surface area contributed by atoms with Crippen molar-refractivity contribution in [1.29, 1.82) is 31.6 Å². The fourth-order valence-electron chi connectivity index (χ4n) is 0.265. The summed E-state index contributed by atoms with van der Waals surface area (Å²) in [4.78, 5) is 6.19. The van der Waals surface area contributed by atoms with E-state index in [4.69, 9.17) is 31.6 Å². The Morgan fingerprint density at radius 3 is 0.600 bits per heavy atom. The maximum absolute atomic E-state index is 8.58. The van der Waals surface area contributed by atoms with Gasteiger partial charge in [-0.15, -0.1) is 0 Å². The molecule has 0 aliphatic heterocycles. The summed E-state index contributed by atoms with van der Waals surface area (Å²) in [6.45, 7) is 0. The van der Waals surface area contributed by atoms with Crippen molar-refractivity contribution in [2.75, 3.05) is 0 Å². The second kappa shape index (κ2) is 4.48. The van der Waals surface area contributed by atoms with Crippen molar-refractivity contribution in [2.45, 2.75) is 0 Å². The van der Waals surface area contributed by atoms with E-state index in [1.165, 1.54) is 0 Å². The smallest absolute Gasteiger partial charge is 2.00 e. The third-order valence-corrected chi connectivity index (χ3v) is 4.89. The molecular formula is C6FeN6Zn2. The van der Waals surface area contributed by atoms with Gasteiger partial charge in [0, 0.05) is 0 Å². The van der Waals surface area contributed by atoms with E-state index < -0.39 is 10.7 Å². The molecule has 0 N–H and O–H groups in total. The van der Waals surface area contributed by atoms with E-state index in [1.807, 2.05) is 0 Å². The van der Waals surface area contributed by atoms with E-state index in [-0.39, 0.29) is 39.0 Å². The summed E-state index contributed by atoms with van der Waals surface area (Å²) in [5.41, 5.74) is 0. The van der Waals surface area contributed by atoms with E-state index in [1.54, 1.807) is 0 Å². The minimum atomic E-state index is -6.17. The Kier molecular flexibility index (Phi) is 5.77.